The van der Waals surface area contributed by atoms with E-state index >= 15 is 0 Å². The molecule has 1 heterocycles. The zero-order valence-corrected chi connectivity index (χ0v) is 10.4. The van der Waals surface area contributed by atoms with Crippen molar-refractivity contribution in [1.82, 2.24) is 9.78 Å². The van der Waals surface area contributed by atoms with Gasteiger partial charge in [-0.05, 0) is 25.7 Å². The van der Waals surface area contributed by atoms with Crippen LogP contribution in [-0.4, -0.2) is 16.3 Å². The lowest BCUT2D eigenvalue weighted by atomic mass is 10.1. The molecule has 15 heavy (non-hydrogen) atoms. The van der Waals surface area contributed by atoms with E-state index in [-0.39, 0.29) is 0 Å². The molecule has 0 radical (unpaired) electrons. The van der Waals surface area contributed by atoms with Gasteiger partial charge in [-0.15, -0.1) is 0 Å². The van der Waals surface area contributed by atoms with Crippen molar-refractivity contribution in [2.75, 3.05) is 11.9 Å². The molecule has 0 amide bonds. The first-order chi connectivity index (χ1) is 7.17. The van der Waals surface area contributed by atoms with Gasteiger partial charge in [0.2, 0.25) is 0 Å². The van der Waals surface area contributed by atoms with Crippen molar-refractivity contribution in [2.24, 2.45) is 5.92 Å². The van der Waals surface area contributed by atoms with Gasteiger partial charge in [-0.1, -0.05) is 20.8 Å². The fraction of sp³-hybridized carbons (Fsp3) is 0.750. The fourth-order valence-electron chi connectivity index (χ4n) is 1.62. The molecule has 0 aliphatic carbocycles. The van der Waals surface area contributed by atoms with Crippen LogP contribution in [0, 0.1) is 5.92 Å². The Hall–Kier alpha value is -0.990. The Kier molecular flexibility index (Phi) is 4.66. The molecule has 0 bridgehead atoms. The molecule has 0 aromatic carbocycles. The average Bonchev–Trinajstić information content (AvgIpc) is 2.56. The molecule has 3 nitrogen and oxygen atoms in total. The monoisotopic (exact) mass is 209 g/mol. The molecule has 86 valence electrons. The van der Waals surface area contributed by atoms with E-state index in [4.69, 9.17) is 0 Å². The first kappa shape index (κ1) is 12.1. The molecule has 1 aromatic rings. The molecule has 0 fully saturated rings. The van der Waals surface area contributed by atoms with Crippen LogP contribution in [0.3, 0.4) is 0 Å². The first-order valence-corrected chi connectivity index (χ1v) is 5.98. The van der Waals surface area contributed by atoms with Gasteiger partial charge in [0.1, 0.15) is 5.82 Å². The zero-order chi connectivity index (χ0) is 11.3. The van der Waals surface area contributed by atoms with Crippen molar-refractivity contribution >= 4 is 5.82 Å². The van der Waals surface area contributed by atoms with Crippen LogP contribution >= 0.6 is 0 Å². The summed E-state index contributed by atoms with van der Waals surface area (Å²) >= 11 is 0. The van der Waals surface area contributed by atoms with E-state index in [9.17, 15) is 0 Å². The van der Waals surface area contributed by atoms with Gasteiger partial charge in [0, 0.05) is 19.2 Å². The van der Waals surface area contributed by atoms with E-state index in [2.05, 4.69) is 44.2 Å². The van der Waals surface area contributed by atoms with Gasteiger partial charge in [0.15, 0.2) is 0 Å². The standard InChI is InChI=1S/C12H23N3/c1-5-7-13-12-9-11(8-10(3)4)14-15(12)6-2/h9-10,13H,5-8H2,1-4H3. The van der Waals surface area contributed by atoms with Gasteiger partial charge >= 0.3 is 0 Å². The second-order valence-corrected chi connectivity index (χ2v) is 4.36. The molecule has 0 saturated carbocycles. The van der Waals surface area contributed by atoms with Gasteiger partial charge < -0.3 is 5.32 Å². The van der Waals surface area contributed by atoms with E-state index in [1.165, 1.54) is 5.69 Å². The Labute approximate surface area is 92.9 Å². The fourth-order valence-corrected chi connectivity index (χ4v) is 1.62. The quantitative estimate of drug-likeness (QED) is 0.780. The third-order valence-corrected chi connectivity index (χ3v) is 2.30. The maximum Gasteiger partial charge on any atom is 0.124 e. The zero-order valence-electron chi connectivity index (χ0n) is 10.4. The molecule has 1 N–H and O–H groups in total. The molecule has 0 spiro atoms. The molecule has 0 unspecified atom stereocenters. The summed E-state index contributed by atoms with van der Waals surface area (Å²) in [6, 6.07) is 2.18. The highest BCUT2D eigenvalue weighted by molar-refractivity contribution is 5.37. The number of aromatic nitrogens is 2. The normalized spacial score (nSPS) is 11.0. The Bertz CT molecular complexity index is 289. The molecule has 1 rings (SSSR count). The second-order valence-electron chi connectivity index (χ2n) is 4.36. The van der Waals surface area contributed by atoms with Crippen LogP contribution in [0.2, 0.25) is 0 Å². The van der Waals surface area contributed by atoms with Crippen molar-refractivity contribution < 1.29 is 0 Å². The van der Waals surface area contributed by atoms with Gasteiger partial charge in [0.25, 0.3) is 0 Å². The average molecular weight is 209 g/mol. The summed E-state index contributed by atoms with van der Waals surface area (Å²) in [4.78, 5) is 0. The van der Waals surface area contributed by atoms with E-state index in [0.29, 0.717) is 5.92 Å². The Morgan fingerprint density at radius 3 is 2.67 bits per heavy atom. The first-order valence-electron chi connectivity index (χ1n) is 5.98. The van der Waals surface area contributed by atoms with E-state index in [1.807, 2.05) is 4.68 Å². The van der Waals surface area contributed by atoms with Crippen molar-refractivity contribution in [3.63, 3.8) is 0 Å². The number of rotatable bonds is 6. The van der Waals surface area contributed by atoms with Crippen LogP contribution in [0.25, 0.3) is 0 Å². The maximum atomic E-state index is 4.58. The van der Waals surface area contributed by atoms with Crippen molar-refractivity contribution in [1.29, 1.82) is 0 Å². The summed E-state index contributed by atoms with van der Waals surface area (Å²) in [5.74, 6) is 1.83. The number of aryl methyl sites for hydroxylation is 1. The molecular weight excluding hydrogens is 186 g/mol. The summed E-state index contributed by atoms with van der Waals surface area (Å²) in [7, 11) is 0. The van der Waals surface area contributed by atoms with Crippen LogP contribution in [0.5, 0.6) is 0 Å². The maximum absolute atomic E-state index is 4.58. The van der Waals surface area contributed by atoms with Crippen LogP contribution in [-0.2, 0) is 13.0 Å². The topological polar surface area (TPSA) is 29.9 Å². The summed E-state index contributed by atoms with van der Waals surface area (Å²) in [5.41, 5.74) is 1.20. The second kappa shape index (κ2) is 5.79. The highest BCUT2D eigenvalue weighted by Gasteiger charge is 2.07. The van der Waals surface area contributed by atoms with Crippen LogP contribution in [0.15, 0.2) is 6.07 Å². The summed E-state index contributed by atoms with van der Waals surface area (Å²) in [5, 5.41) is 7.98. The molecule has 1 aromatic heterocycles. The Morgan fingerprint density at radius 2 is 2.13 bits per heavy atom. The number of nitrogens with zero attached hydrogens (tertiary/aromatic N) is 2. The summed E-state index contributed by atoms with van der Waals surface area (Å²) in [6.45, 7) is 10.7. The third-order valence-electron chi connectivity index (χ3n) is 2.30. The Balaban J connectivity index is 2.71. The number of anilines is 1. The molecule has 0 atom stereocenters. The number of hydrogen-bond acceptors (Lipinski definition) is 2. The lowest BCUT2D eigenvalue weighted by molar-refractivity contribution is 0.601. The van der Waals surface area contributed by atoms with Gasteiger partial charge in [-0.25, -0.2) is 4.68 Å². The SMILES string of the molecule is CCCNc1cc(CC(C)C)nn1CC. The summed E-state index contributed by atoms with van der Waals surface area (Å²) < 4.78 is 2.05. The van der Waals surface area contributed by atoms with Gasteiger partial charge in [-0.2, -0.15) is 5.10 Å². The Morgan fingerprint density at radius 1 is 1.40 bits per heavy atom. The van der Waals surface area contributed by atoms with Gasteiger partial charge in [0.05, 0.1) is 5.69 Å². The highest BCUT2D eigenvalue weighted by atomic mass is 15.3. The molecule has 0 aliphatic rings. The van der Waals surface area contributed by atoms with Gasteiger partial charge in [-0.3, -0.25) is 0 Å². The van der Waals surface area contributed by atoms with Crippen molar-refractivity contribution in [2.45, 2.75) is 47.1 Å². The van der Waals surface area contributed by atoms with E-state index in [1.54, 1.807) is 0 Å². The lowest BCUT2D eigenvalue weighted by Gasteiger charge is -2.05. The molecular formula is C12H23N3. The molecule has 0 aliphatic heterocycles. The summed E-state index contributed by atoms with van der Waals surface area (Å²) in [6.07, 6.45) is 2.21. The number of nitrogens with one attached hydrogen (secondary N) is 1. The molecule has 0 saturated heterocycles. The minimum absolute atomic E-state index is 0.671. The number of hydrogen-bond donors (Lipinski definition) is 1. The molecule has 3 heteroatoms. The highest BCUT2D eigenvalue weighted by Crippen LogP contribution is 2.14. The minimum Gasteiger partial charge on any atom is -0.370 e. The largest absolute Gasteiger partial charge is 0.370 e. The predicted octanol–water partition coefficient (Wildman–Crippen LogP) is 2.92. The van der Waals surface area contributed by atoms with E-state index in [0.717, 1.165) is 31.7 Å². The van der Waals surface area contributed by atoms with Crippen molar-refractivity contribution in [3.05, 3.63) is 11.8 Å². The predicted molar refractivity (Wildman–Crippen MR) is 65.2 cm³/mol. The van der Waals surface area contributed by atoms with Crippen molar-refractivity contribution in [3.8, 4) is 0 Å². The third kappa shape index (κ3) is 3.57. The van der Waals surface area contributed by atoms with Crippen LogP contribution in [0.4, 0.5) is 5.82 Å². The minimum atomic E-state index is 0.671. The van der Waals surface area contributed by atoms with Crippen LogP contribution < -0.4 is 5.32 Å². The lowest BCUT2D eigenvalue weighted by Crippen LogP contribution is -2.07. The van der Waals surface area contributed by atoms with Crippen LogP contribution in [0.1, 0.15) is 39.8 Å². The van der Waals surface area contributed by atoms with E-state index < -0.39 is 0 Å². The smallest absolute Gasteiger partial charge is 0.124 e.